The predicted molar refractivity (Wildman–Crippen MR) is 97.3 cm³/mol. The van der Waals surface area contributed by atoms with E-state index in [1.54, 1.807) is 0 Å². The van der Waals surface area contributed by atoms with Crippen molar-refractivity contribution in [3.8, 4) is 0 Å². The van der Waals surface area contributed by atoms with Crippen molar-refractivity contribution < 1.29 is 10.0 Å². The zero-order valence-electron chi connectivity index (χ0n) is 13.9. The van der Waals surface area contributed by atoms with E-state index in [1.807, 2.05) is 12.1 Å². The lowest BCUT2D eigenvalue weighted by atomic mass is 9.78. The molecule has 4 N–H and O–H groups in total. The summed E-state index contributed by atoms with van der Waals surface area (Å²) >= 11 is 0. The van der Waals surface area contributed by atoms with Gasteiger partial charge in [0.2, 0.25) is 0 Å². The van der Waals surface area contributed by atoms with Crippen LogP contribution in [0.5, 0.6) is 0 Å². The third kappa shape index (κ3) is 4.42. The fourth-order valence-electron chi connectivity index (χ4n) is 3.98. The molecule has 126 valence electrons. The van der Waals surface area contributed by atoms with E-state index in [-0.39, 0.29) is 0 Å². The fourth-order valence-corrected chi connectivity index (χ4v) is 3.98. The standard InChI is InChI=1S/C18H29BN2O2/c22-19(23)16-12-7-13-17(20-14-8-3-1-4-9-14)18(16)21-15-10-5-2-6-11-15/h7,12-15,20-23H,1-6,8-11H2. The monoisotopic (exact) mass is 316 g/mol. The van der Waals surface area contributed by atoms with Crippen molar-refractivity contribution in [2.75, 3.05) is 10.6 Å². The zero-order chi connectivity index (χ0) is 16.1. The van der Waals surface area contributed by atoms with Crippen LogP contribution in [0.25, 0.3) is 0 Å². The Balaban J connectivity index is 1.79. The number of anilines is 2. The van der Waals surface area contributed by atoms with E-state index < -0.39 is 7.12 Å². The van der Waals surface area contributed by atoms with Gasteiger partial charge in [-0.3, -0.25) is 0 Å². The second kappa shape index (κ2) is 8.07. The van der Waals surface area contributed by atoms with Crippen molar-refractivity contribution in [2.24, 2.45) is 0 Å². The lowest BCUT2D eigenvalue weighted by Crippen LogP contribution is -2.36. The number of hydrogen-bond donors (Lipinski definition) is 4. The molecule has 0 bridgehead atoms. The number of hydrogen-bond acceptors (Lipinski definition) is 4. The van der Waals surface area contributed by atoms with Crippen LogP contribution in [0.2, 0.25) is 0 Å². The number of nitrogens with one attached hydrogen (secondary N) is 2. The van der Waals surface area contributed by atoms with Crippen LogP contribution in [0.4, 0.5) is 11.4 Å². The molecule has 0 unspecified atom stereocenters. The number of para-hydroxylation sites is 1. The first kappa shape index (κ1) is 16.7. The summed E-state index contributed by atoms with van der Waals surface area (Å²) in [5.74, 6) is 0. The molecule has 0 radical (unpaired) electrons. The van der Waals surface area contributed by atoms with Crippen molar-refractivity contribution >= 4 is 24.0 Å². The second-order valence-corrected chi connectivity index (χ2v) is 7.10. The molecular weight excluding hydrogens is 287 g/mol. The minimum absolute atomic E-state index is 0.440. The van der Waals surface area contributed by atoms with E-state index in [4.69, 9.17) is 0 Å². The number of benzene rings is 1. The van der Waals surface area contributed by atoms with Crippen LogP contribution in [0.3, 0.4) is 0 Å². The molecule has 0 amide bonds. The van der Waals surface area contributed by atoms with Crippen molar-refractivity contribution in [3.05, 3.63) is 18.2 Å². The lowest BCUT2D eigenvalue weighted by molar-refractivity contribution is 0.425. The zero-order valence-corrected chi connectivity index (χ0v) is 13.9. The van der Waals surface area contributed by atoms with Gasteiger partial charge in [0.05, 0.1) is 11.4 Å². The number of rotatable bonds is 5. The largest absolute Gasteiger partial charge is 0.490 e. The van der Waals surface area contributed by atoms with Crippen molar-refractivity contribution in [3.63, 3.8) is 0 Å². The van der Waals surface area contributed by atoms with E-state index in [0.717, 1.165) is 11.4 Å². The SMILES string of the molecule is OB(O)c1cccc(NC2CCCCC2)c1NC1CCCCC1. The third-order valence-electron chi connectivity index (χ3n) is 5.29. The average molecular weight is 316 g/mol. The van der Waals surface area contributed by atoms with E-state index >= 15 is 0 Å². The van der Waals surface area contributed by atoms with Gasteiger partial charge in [-0.2, -0.15) is 0 Å². The lowest BCUT2D eigenvalue weighted by Gasteiger charge is -2.29. The van der Waals surface area contributed by atoms with Gasteiger partial charge in [-0.05, 0) is 31.7 Å². The highest BCUT2D eigenvalue weighted by Crippen LogP contribution is 2.28. The summed E-state index contributed by atoms with van der Waals surface area (Å²) in [4.78, 5) is 0. The van der Waals surface area contributed by atoms with Crippen LogP contribution in [-0.4, -0.2) is 29.3 Å². The Kier molecular flexibility index (Phi) is 5.84. The van der Waals surface area contributed by atoms with Crippen LogP contribution in [0, 0.1) is 0 Å². The molecule has 1 aromatic rings. The molecule has 2 fully saturated rings. The molecule has 1 aromatic carbocycles. The summed E-state index contributed by atoms with van der Waals surface area (Å²) in [5.41, 5.74) is 2.49. The molecule has 3 rings (SSSR count). The summed E-state index contributed by atoms with van der Waals surface area (Å²) in [5, 5.41) is 26.8. The van der Waals surface area contributed by atoms with E-state index in [0.29, 0.717) is 17.5 Å². The highest BCUT2D eigenvalue weighted by molar-refractivity contribution is 6.61. The highest BCUT2D eigenvalue weighted by Gasteiger charge is 2.23. The summed E-state index contributed by atoms with van der Waals surface area (Å²) in [6.45, 7) is 0. The Bertz CT molecular complexity index is 498. The maximum Gasteiger partial charge on any atom is 0.490 e. The average Bonchev–Trinajstić information content (AvgIpc) is 2.58. The maximum absolute atomic E-state index is 9.75. The summed E-state index contributed by atoms with van der Waals surface area (Å²) < 4.78 is 0. The van der Waals surface area contributed by atoms with Crippen molar-refractivity contribution in [2.45, 2.75) is 76.3 Å². The second-order valence-electron chi connectivity index (χ2n) is 7.10. The first-order chi connectivity index (χ1) is 11.2. The third-order valence-corrected chi connectivity index (χ3v) is 5.29. The molecule has 0 spiro atoms. The molecular formula is C18H29BN2O2. The van der Waals surface area contributed by atoms with Gasteiger partial charge in [-0.25, -0.2) is 0 Å². The molecule has 0 saturated heterocycles. The first-order valence-electron chi connectivity index (χ1n) is 9.26. The molecule has 2 saturated carbocycles. The van der Waals surface area contributed by atoms with Crippen LogP contribution in [-0.2, 0) is 0 Å². The summed E-state index contributed by atoms with van der Waals surface area (Å²) in [6.07, 6.45) is 12.5. The molecule has 5 heteroatoms. The molecule has 2 aliphatic rings. The van der Waals surface area contributed by atoms with E-state index in [1.165, 1.54) is 64.2 Å². The van der Waals surface area contributed by atoms with E-state index in [2.05, 4.69) is 16.7 Å². The smallest absolute Gasteiger partial charge is 0.423 e. The van der Waals surface area contributed by atoms with Crippen LogP contribution < -0.4 is 16.1 Å². The maximum atomic E-state index is 9.75. The minimum Gasteiger partial charge on any atom is -0.423 e. The van der Waals surface area contributed by atoms with Crippen LogP contribution >= 0.6 is 0 Å². The minimum atomic E-state index is -1.44. The molecule has 0 aromatic heterocycles. The molecule has 0 heterocycles. The van der Waals surface area contributed by atoms with Gasteiger partial charge in [-0.1, -0.05) is 50.7 Å². The van der Waals surface area contributed by atoms with Crippen LogP contribution in [0.1, 0.15) is 64.2 Å². The Hall–Kier alpha value is -1.20. The highest BCUT2D eigenvalue weighted by atomic mass is 16.4. The van der Waals surface area contributed by atoms with Gasteiger partial charge in [0, 0.05) is 17.5 Å². The summed E-state index contributed by atoms with van der Waals surface area (Å²) in [6, 6.07) is 6.72. The van der Waals surface area contributed by atoms with Gasteiger partial charge >= 0.3 is 7.12 Å². The van der Waals surface area contributed by atoms with Gasteiger partial charge in [-0.15, -0.1) is 0 Å². The summed E-state index contributed by atoms with van der Waals surface area (Å²) in [7, 11) is -1.44. The fraction of sp³-hybridized carbons (Fsp3) is 0.667. The Morgan fingerprint density at radius 1 is 0.783 bits per heavy atom. The van der Waals surface area contributed by atoms with Gasteiger partial charge in [0.25, 0.3) is 0 Å². The van der Waals surface area contributed by atoms with Gasteiger partial charge in [0.1, 0.15) is 0 Å². The first-order valence-corrected chi connectivity index (χ1v) is 9.26. The molecule has 0 aliphatic heterocycles. The normalized spacial score (nSPS) is 20.3. The van der Waals surface area contributed by atoms with Crippen molar-refractivity contribution in [1.82, 2.24) is 0 Å². The van der Waals surface area contributed by atoms with Crippen LogP contribution in [0.15, 0.2) is 18.2 Å². The Labute approximate surface area is 139 Å². The van der Waals surface area contributed by atoms with Gasteiger partial charge < -0.3 is 20.7 Å². The Morgan fingerprint density at radius 3 is 1.91 bits per heavy atom. The van der Waals surface area contributed by atoms with E-state index in [9.17, 15) is 10.0 Å². The Morgan fingerprint density at radius 2 is 1.35 bits per heavy atom. The topological polar surface area (TPSA) is 64.5 Å². The molecule has 0 atom stereocenters. The molecule has 4 nitrogen and oxygen atoms in total. The molecule has 23 heavy (non-hydrogen) atoms. The quantitative estimate of drug-likeness (QED) is 0.631. The molecule has 2 aliphatic carbocycles. The van der Waals surface area contributed by atoms with Crippen molar-refractivity contribution in [1.29, 1.82) is 0 Å². The van der Waals surface area contributed by atoms with Gasteiger partial charge in [0.15, 0.2) is 0 Å². The predicted octanol–water partition coefficient (Wildman–Crippen LogP) is 2.86.